The van der Waals surface area contributed by atoms with E-state index in [0.717, 1.165) is 109 Å². The Morgan fingerprint density at radius 1 is 0.426 bits per heavy atom. The molecule has 0 radical (unpaired) electrons. The van der Waals surface area contributed by atoms with Crippen molar-refractivity contribution >= 4 is 25.7 Å². The van der Waals surface area contributed by atoms with Crippen molar-refractivity contribution in [3.8, 4) is 0 Å². The minimum atomic E-state index is -4.76. The highest BCUT2D eigenvalue weighted by atomic mass is 31.2. The van der Waals surface area contributed by atoms with E-state index in [-0.39, 0.29) is 25.9 Å². The summed E-state index contributed by atoms with van der Waals surface area (Å²) in [7, 11) is -4.76. The lowest BCUT2D eigenvalue weighted by Gasteiger charge is -2.21. The van der Waals surface area contributed by atoms with Crippen LogP contribution < -0.4 is 0 Å². The van der Waals surface area contributed by atoms with Crippen LogP contribution in [0, 0.1) is 0 Å². The van der Waals surface area contributed by atoms with Crippen molar-refractivity contribution in [3.05, 3.63) is 97.2 Å². The average Bonchev–Trinajstić information content (AvgIpc) is 3.32. The first kappa shape index (κ1) is 64.4. The van der Waals surface area contributed by atoms with Crippen molar-refractivity contribution in [2.75, 3.05) is 26.4 Å². The number of allylic oxidation sites excluding steroid dienone is 16. The van der Waals surface area contributed by atoms with Crippen molar-refractivity contribution in [1.29, 1.82) is 0 Å². The van der Waals surface area contributed by atoms with E-state index in [9.17, 15) is 28.9 Å². The standard InChI is InChI=1S/C56H93O11P/c1-4-7-10-13-16-19-21-23-24-25-26-27-28-30-31-34-36-39-42-45-54(58)63-49-53(67-56(60)47-44-41-38-35-32-29-22-20-17-14-11-8-5-2)51-65-68(61,62)64-50-52(48-57)66-55(59)46-43-40-37-33-18-15-12-9-6-3/h7,10-11,14,16,19-20,22-24,26-27,30-31,36,39,52-53,57H,4-6,8-9,12-13,15,17-18,21,25,28-29,32-35,37-38,40-51H2,1-3H3,(H,61,62)/b10-7-,14-11-,19-16-,22-20-,24-23-,27-26-,31-30-,39-36-. The van der Waals surface area contributed by atoms with Crippen molar-refractivity contribution in [3.63, 3.8) is 0 Å². The molecule has 11 nitrogen and oxygen atoms in total. The lowest BCUT2D eigenvalue weighted by atomic mass is 10.1. The Balaban J connectivity index is 4.87. The van der Waals surface area contributed by atoms with Gasteiger partial charge in [-0.2, -0.15) is 0 Å². The molecule has 0 aliphatic rings. The molecule has 3 atom stereocenters. The molecule has 12 heteroatoms. The van der Waals surface area contributed by atoms with E-state index in [2.05, 4.69) is 106 Å². The quantitative estimate of drug-likeness (QED) is 0.0197. The Morgan fingerprint density at radius 2 is 0.824 bits per heavy atom. The van der Waals surface area contributed by atoms with Crippen LogP contribution in [-0.2, 0) is 42.2 Å². The number of hydrogen-bond acceptors (Lipinski definition) is 10. The summed E-state index contributed by atoms with van der Waals surface area (Å²) in [6, 6.07) is 0. The van der Waals surface area contributed by atoms with Gasteiger partial charge in [0, 0.05) is 19.3 Å². The molecule has 0 fully saturated rings. The number of phosphoric acid groups is 1. The fourth-order valence-electron chi connectivity index (χ4n) is 6.54. The largest absolute Gasteiger partial charge is 0.472 e. The van der Waals surface area contributed by atoms with Gasteiger partial charge in [-0.1, -0.05) is 195 Å². The van der Waals surface area contributed by atoms with Gasteiger partial charge in [0.2, 0.25) is 0 Å². The number of ether oxygens (including phenoxy) is 3. The van der Waals surface area contributed by atoms with E-state index >= 15 is 0 Å². The van der Waals surface area contributed by atoms with Gasteiger partial charge in [-0.25, -0.2) is 4.57 Å². The SMILES string of the molecule is CC/C=C\C/C=C\C/C=C\C/C=C\C/C=C\C/C=C\CCC(=O)OCC(COP(=O)(O)OCC(CO)OC(=O)CCCCCCCCCCC)OC(=O)CCCCCCC/C=C\C/C=C\CCC. The summed E-state index contributed by atoms with van der Waals surface area (Å²) in [5.74, 6) is -1.59. The molecule has 0 aliphatic heterocycles. The number of carbonyl (C=O) groups is 3. The normalized spacial score (nSPS) is 14.2. The van der Waals surface area contributed by atoms with Crippen molar-refractivity contribution < 1.29 is 52.2 Å². The first-order valence-corrected chi connectivity index (χ1v) is 27.6. The second kappa shape index (κ2) is 49.8. The van der Waals surface area contributed by atoms with E-state index in [1.165, 1.54) is 32.1 Å². The third kappa shape index (κ3) is 47.5. The molecular weight excluding hydrogens is 880 g/mol. The maximum absolute atomic E-state index is 12.8. The number of rotatable bonds is 47. The Hall–Kier alpha value is -3.60. The van der Waals surface area contributed by atoms with Gasteiger partial charge in [-0.15, -0.1) is 0 Å². The summed E-state index contributed by atoms with van der Waals surface area (Å²) in [6.07, 6.45) is 56.9. The molecule has 2 N–H and O–H groups in total. The lowest BCUT2D eigenvalue weighted by molar-refractivity contribution is -0.161. The molecule has 68 heavy (non-hydrogen) atoms. The number of esters is 3. The predicted octanol–water partition coefficient (Wildman–Crippen LogP) is 14.9. The van der Waals surface area contributed by atoms with Crippen molar-refractivity contribution in [2.24, 2.45) is 0 Å². The van der Waals surface area contributed by atoms with Crippen LogP contribution in [0.3, 0.4) is 0 Å². The second-order valence-corrected chi connectivity index (χ2v) is 18.4. The Bertz CT molecular complexity index is 1510. The van der Waals surface area contributed by atoms with Crippen LogP contribution in [0.15, 0.2) is 97.2 Å². The molecule has 0 spiro atoms. The van der Waals surface area contributed by atoms with E-state index in [1.54, 1.807) is 0 Å². The maximum Gasteiger partial charge on any atom is 0.472 e. The summed E-state index contributed by atoms with van der Waals surface area (Å²) in [6.45, 7) is 4.31. The van der Waals surface area contributed by atoms with Gasteiger partial charge >= 0.3 is 25.7 Å². The molecule has 0 heterocycles. The highest BCUT2D eigenvalue weighted by Gasteiger charge is 2.28. The van der Waals surface area contributed by atoms with Crippen molar-refractivity contribution in [1.82, 2.24) is 0 Å². The number of aliphatic hydroxyl groups excluding tert-OH is 1. The van der Waals surface area contributed by atoms with Gasteiger partial charge in [0.1, 0.15) is 12.7 Å². The highest BCUT2D eigenvalue weighted by Crippen LogP contribution is 2.43. The van der Waals surface area contributed by atoms with E-state index in [4.69, 9.17) is 23.3 Å². The Kier molecular flexibility index (Phi) is 47.2. The van der Waals surface area contributed by atoms with E-state index in [1.807, 2.05) is 12.2 Å². The number of aliphatic hydroxyl groups is 1. The molecule has 0 rings (SSSR count). The second-order valence-electron chi connectivity index (χ2n) is 17.0. The van der Waals surface area contributed by atoms with Crippen LogP contribution in [0.1, 0.15) is 201 Å². The first-order valence-electron chi connectivity index (χ1n) is 26.1. The van der Waals surface area contributed by atoms with E-state index < -0.39 is 57.8 Å². The topological polar surface area (TPSA) is 155 Å². The maximum atomic E-state index is 12.8. The zero-order valence-corrected chi connectivity index (χ0v) is 43.4. The molecule has 0 aromatic rings. The molecule has 0 aromatic heterocycles. The highest BCUT2D eigenvalue weighted by molar-refractivity contribution is 7.47. The summed E-state index contributed by atoms with van der Waals surface area (Å²) in [5.41, 5.74) is 0. The van der Waals surface area contributed by atoms with Gasteiger partial charge in [0.05, 0.1) is 19.8 Å². The summed E-state index contributed by atoms with van der Waals surface area (Å²) in [5, 5.41) is 9.74. The van der Waals surface area contributed by atoms with Gasteiger partial charge < -0.3 is 24.2 Å². The van der Waals surface area contributed by atoms with Crippen LogP contribution in [-0.4, -0.2) is 66.5 Å². The summed E-state index contributed by atoms with van der Waals surface area (Å²) < 4.78 is 39.2. The molecule has 0 amide bonds. The number of hydrogen-bond donors (Lipinski definition) is 2. The first-order chi connectivity index (χ1) is 33.2. The molecule has 0 aliphatic carbocycles. The fourth-order valence-corrected chi connectivity index (χ4v) is 7.32. The molecule has 0 saturated heterocycles. The van der Waals surface area contributed by atoms with Gasteiger partial charge in [-0.3, -0.25) is 23.4 Å². The molecule has 3 unspecified atom stereocenters. The minimum Gasteiger partial charge on any atom is -0.462 e. The average molecular weight is 973 g/mol. The summed E-state index contributed by atoms with van der Waals surface area (Å²) >= 11 is 0. The van der Waals surface area contributed by atoms with Crippen LogP contribution in [0.4, 0.5) is 0 Å². The molecule has 388 valence electrons. The zero-order valence-electron chi connectivity index (χ0n) is 42.5. The Morgan fingerprint density at radius 3 is 1.29 bits per heavy atom. The van der Waals surface area contributed by atoms with Crippen LogP contribution in [0.2, 0.25) is 0 Å². The smallest absolute Gasteiger partial charge is 0.462 e. The fraction of sp³-hybridized carbons (Fsp3) is 0.661. The minimum absolute atomic E-state index is 0.0947. The monoisotopic (exact) mass is 973 g/mol. The molecule has 0 bridgehead atoms. The van der Waals surface area contributed by atoms with Crippen LogP contribution in [0.5, 0.6) is 0 Å². The summed E-state index contributed by atoms with van der Waals surface area (Å²) in [4.78, 5) is 48.2. The third-order valence-electron chi connectivity index (χ3n) is 10.5. The third-order valence-corrected chi connectivity index (χ3v) is 11.4. The van der Waals surface area contributed by atoms with Gasteiger partial charge in [-0.05, 0) is 83.5 Å². The number of phosphoric ester groups is 1. The molecule has 0 saturated carbocycles. The van der Waals surface area contributed by atoms with Crippen LogP contribution >= 0.6 is 7.82 Å². The van der Waals surface area contributed by atoms with Gasteiger partial charge in [0.25, 0.3) is 0 Å². The number of unbranched alkanes of at least 4 members (excludes halogenated alkanes) is 14. The van der Waals surface area contributed by atoms with Crippen LogP contribution in [0.25, 0.3) is 0 Å². The van der Waals surface area contributed by atoms with E-state index in [0.29, 0.717) is 19.3 Å². The molecular formula is C56H93O11P. The predicted molar refractivity (Wildman–Crippen MR) is 279 cm³/mol. The number of carbonyl (C=O) groups excluding carboxylic acids is 3. The zero-order chi connectivity index (χ0) is 49.9. The lowest BCUT2D eigenvalue weighted by Crippen LogP contribution is -2.30. The Labute approximate surface area is 412 Å². The van der Waals surface area contributed by atoms with Crippen molar-refractivity contribution in [2.45, 2.75) is 213 Å². The molecule has 0 aromatic carbocycles. The van der Waals surface area contributed by atoms with Gasteiger partial charge in [0.15, 0.2) is 6.10 Å².